The molecule has 1 amide bonds. The zero-order valence-corrected chi connectivity index (χ0v) is 11.1. The van der Waals surface area contributed by atoms with Crippen molar-refractivity contribution in [3.63, 3.8) is 0 Å². The maximum atomic E-state index is 12.7. The summed E-state index contributed by atoms with van der Waals surface area (Å²) < 4.78 is 37.6. The third-order valence-electron chi connectivity index (χ3n) is 2.23. The highest BCUT2D eigenvalue weighted by Gasteiger charge is 2.13. The molecular formula is C11H15FN2O4S. The fraction of sp³-hybridized carbons (Fsp3) is 0.364. The molecule has 0 aliphatic carbocycles. The maximum absolute atomic E-state index is 12.7. The van der Waals surface area contributed by atoms with Gasteiger partial charge in [-0.25, -0.2) is 17.5 Å². The number of carbonyl (C=O) groups is 1. The fourth-order valence-corrected chi connectivity index (χ4v) is 2.34. The van der Waals surface area contributed by atoms with Gasteiger partial charge in [0.05, 0.1) is 11.3 Å². The summed E-state index contributed by atoms with van der Waals surface area (Å²) in [4.78, 5) is 11.6. The molecule has 0 saturated heterocycles. The van der Waals surface area contributed by atoms with Crippen molar-refractivity contribution in [2.24, 2.45) is 0 Å². The third kappa shape index (κ3) is 4.84. The second-order valence-electron chi connectivity index (χ2n) is 3.73. The first-order chi connectivity index (χ1) is 8.85. The number of aromatic hydroxyl groups is 1. The molecule has 0 aliphatic rings. The number of hydrogen-bond donors (Lipinski definition) is 3. The van der Waals surface area contributed by atoms with Crippen molar-refractivity contribution in [1.82, 2.24) is 10.0 Å². The minimum absolute atomic E-state index is 0.106. The number of amides is 1. The lowest BCUT2D eigenvalue weighted by Gasteiger charge is -2.07. The molecule has 0 radical (unpaired) electrons. The van der Waals surface area contributed by atoms with Gasteiger partial charge in [-0.2, -0.15) is 0 Å². The molecule has 0 saturated carbocycles. The Bertz CT molecular complexity index is 560. The largest absolute Gasteiger partial charge is 0.507 e. The van der Waals surface area contributed by atoms with Crippen LogP contribution in [0.2, 0.25) is 0 Å². The first kappa shape index (κ1) is 15.4. The maximum Gasteiger partial charge on any atom is 0.255 e. The lowest BCUT2D eigenvalue weighted by molar-refractivity contribution is 0.0953. The molecule has 0 bridgehead atoms. The van der Waals surface area contributed by atoms with Gasteiger partial charge in [0.15, 0.2) is 0 Å². The van der Waals surface area contributed by atoms with Crippen LogP contribution in [-0.2, 0) is 10.0 Å². The monoisotopic (exact) mass is 290 g/mol. The Hall–Kier alpha value is -1.67. The Morgan fingerprint density at radius 2 is 2.11 bits per heavy atom. The first-order valence-corrected chi connectivity index (χ1v) is 7.25. The Kier molecular flexibility index (Phi) is 5.25. The van der Waals surface area contributed by atoms with E-state index in [-0.39, 0.29) is 24.4 Å². The van der Waals surface area contributed by atoms with Gasteiger partial charge in [0.1, 0.15) is 11.6 Å². The van der Waals surface area contributed by atoms with E-state index in [4.69, 9.17) is 0 Å². The molecule has 1 rings (SSSR count). The number of benzene rings is 1. The van der Waals surface area contributed by atoms with Crippen LogP contribution in [0.25, 0.3) is 0 Å². The van der Waals surface area contributed by atoms with Gasteiger partial charge in [0, 0.05) is 19.2 Å². The van der Waals surface area contributed by atoms with Gasteiger partial charge in [-0.05, 0) is 12.1 Å². The van der Waals surface area contributed by atoms with Crippen LogP contribution in [0, 0.1) is 5.82 Å². The SMILES string of the molecule is CCNS(=O)(=O)CCNC(=O)c1ccc(F)cc1O. The average Bonchev–Trinajstić information content (AvgIpc) is 2.28. The van der Waals surface area contributed by atoms with E-state index in [1.165, 1.54) is 0 Å². The quantitative estimate of drug-likeness (QED) is 0.697. The second kappa shape index (κ2) is 6.48. The standard InChI is InChI=1S/C11H15FN2O4S/c1-2-14-19(17,18)6-5-13-11(16)9-4-3-8(12)7-10(9)15/h3-4,7,14-15H,2,5-6H2,1H3,(H,13,16). The predicted octanol–water partition coefficient (Wildman–Crippen LogP) is 0.200. The molecule has 0 atom stereocenters. The first-order valence-electron chi connectivity index (χ1n) is 5.60. The van der Waals surface area contributed by atoms with Gasteiger partial charge >= 0.3 is 0 Å². The van der Waals surface area contributed by atoms with Crippen molar-refractivity contribution >= 4 is 15.9 Å². The lowest BCUT2D eigenvalue weighted by Crippen LogP contribution is -2.34. The van der Waals surface area contributed by atoms with Crippen LogP contribution >= 0.6 is 0 Å². The van der Waals surface area contributed by atoms with Crippen LogP contribution in [0.3, 0.4) is 0 Å². The number of nitrogens with one attached hydrogen (secondary N) is 2. The van der Waals surface area contributed by atoms with Gasteiger partial charge in [-0.15, -0.1) is 0 Å². The van der Waals surface area contributed by atoms with E-state index in [0.717, 1.165) is 18.2 Å². The Labute approximate surface area is 110 Å². The van der Waals surface area contributed by atoms with E-state index in [2.05, 4.69) is 10.0 Å². The molecule has 0 aliphatic heterocycles. The van der Waals surface area contributed by atoms with Crippen molar-refractivity contribution in [3.8, 4) is 5.75 Å². The summed E-state index contributed by atoms with van der Waals surface area (Å²) in [5.74, 6) is -2.09. The van der Waals surface area contributed by atoms with Gasteiger partial charge in [0.25, 0.3) is 5.91 Å². The Morgan fingerprint density at radius 3 is 2.68 bits per heavy atom. The lowest BCUT2D eigenvalue weighted by atomic mass is 10.2. The number of carbonyl (C=O) groups excluding carboxylic acids is 1. The van der Waals surface area contributed by atoms with Crippen molar-refractivity contribution < 1.29 is 22.7 Å². The van der Waals surface area contributed by atoms with Crippen LogP contribution in [0.5, 0.6) is 5.75 Å². The summed E-state index contributed by atoms with van der Waals surface area (Å²) in [6.07, 6.45) is 0. The van der Waals surface area contributed by atoms with Crippen LogP contribution in [0.15, 0.2) is 18.2 Å². The van der Waals surface area contributed by atoms with Crippen molar-refractivity contribution in [2.75, 3.05) is 18.8 Å². The zero-order chi connectivity index (χ0) is 14.5. The molecule has 0 fully saturated rings. The summed E-state index contributed by atoms with van der Waals surface area (Å²) in [7, 11) is -3.41. The summed E-state index contributed by atoms with van der Waals surface area (Å²) in [6.45, 7) is 1.81. The minimum atomic E-state index is -3.41. The number of phenolic OH excluding ortho intramolecular Hbond substituents is 1. The number of sulfonamides is 1. The van der Waals surface area contributed by atoms with Crippen LogP contribution in [0.4, 0.5) is 4.39 Å². The van der Waals surface area contributed by atoms with Gasteiger partial charge < -0.3 is 10.4 Å². The summed E-state index contributed by atoms with van der Waals surface area (Å²) >= 11 is 0. The van der Waals surface area contributed by atoms with E-state index in [1.54, 1.807) is 6.92 Å². The Morgan fingerprint density at radius 1 is 1.42 bits per heavy atom. The van der Waals surface area contributed by atoms with Crippen LogP contribution in [-0.4, -0.2) is 38.3 Å². The topological polar surface area (TPSA) is 95.5 Å². The molecule has 1 aromatic rings. The highest BCUT2D eigenvalue weighted by molar-refractivity contribution is 7.89. The van der Waals surface area contributed by atoms with Crippen molar-refractivity contribution in [3.05, 3.63) is 29.6 Å². The van der Waals surface area contributed by atoms with Crippen LogP contribution < -0.4 is 10.0 Å². The second-order valence-corrected chi connectivity index (χ2v) is 5.66. The highest BCUT2D eigenvalue weighted by atomic mass is 32.2. The Balaban J connectivity index is 2.57. The molecule has 0 spiro atoms. The summed E-state index contributed by atoms with van der Waals surface area (Å²) in [6, 6.07) is 2.97. The molecule has 106 valence electrons. The predicted molar refractivity (Wildman–Crippen MR) is 67.9 cm³/mol. The van der Waals surface area contributed by atoms with E-state index in [9.17, 15) is 22.7 Å². The van der Waals surface area contributed by atoms with Gasteiger partial charge in [-0.1, -0.05) is 6.92 Å². The van der Waals surface area contributed by atoms with Gasteiger partial charge in [0.2, 0.25) is 10.0 Å². The van der Waals surface area contributed by atoms with E-state index < -0.39 is 27.5 Å². The molecule has 3 N–H and O–H groups in total. The molecule has 19 heavy (non-hydrogen) atoms. The average molecular weight is 290 g/mol. The summed E-state index contributed by atoms with van der Waals surface area (Å²) in [5.41, 5.74) is -0.109. The number of phenols is 1. The molecule has 8 heteroatoms. The molecular weight excluding hydrogens is 275 g/mol. The van der Waals surface area contributed by atoms with E-state index in [0.29, 0.717) is 0 Å². The molecule has 0 unspecified atom stereocenters. The van der Waals surface area contributed by atoms with E-state index >= 15 is 0 Å². The zero-order valence-electron chi connectivity index (χ0n) is 10.3. The molecule has 6 nitrogen and oxygen atoms in total. The third-order valence-corrected chi connectivity index (χ3v) is 3.70. The van der Waals surface area contributed by atoms with Crippen LogP contribution in [0.1, 0.15) is 17.3 Å². The fourth-order valence-electron chi connectivity index (χ4n) is 1.38. The number of halogens is 1. The smallest absolute Gasteiger partial charge is 0.255 e. The molecule has 0 heterocycles. The summed E-state index contributed by atoms with van der Waals surface area (Å²) in [5, 5.41) is 11.7. The van der Waals surface area contributed by atoms with Gasteiger partial charge in [-0.3, -0.25) is 4.79 Å². The van der Waals surface area contributed by atoms with E-state index in [1.807, 2.05) is 0 Å². The molecule has 1 aromatic carbocycles. The molecule has 0 aromatic heterocycles. The highest BCUT2D eigenvalue weighted by Crippen LogP contribution is 2.17. The number of hydrogen-bond acceptors (Lipinski definition) is 4. The van der Waals surface area contributed by atoms with Crippen molar-refractivity contribution in [1.29, 1.82) is 0 Å². The number of rotatable bonds is 6. The minimum Gasteiger partial charge on any atom is -0.507 e. The van der Waals surface area contributed by atoms with Crippen molar-refractivity contribution in [2.45, 2.75) is 6.92 Å². The normalized spacial score (nSPS) is 11.3.